The van der Waals surface area contributed by atoms with Crippen molar-refractivity contribution in [3.8, 4) is 16.9 Å². The molecule has 0 fully saturated rings. The summed E-state index contributed by atoms with van der Waals surface area (Å²) in [4.78, 5) is 8.91. The normalized spacial score (nSPS) is 15.1. The van der Waals surface area contributed by atoms with E-state index in [-0.39, 0.29) is 0 Å². The van der Waals surface area contributed by atoms with Crippen molar-refractivity contribution in [3.05, 3.63) is 36.9 Å². The van der Waals surface area contributed by atoms with Crippen LogP contribution in [-0.2, 0) is 0 Å². The van der Waals surface area contributed by atoms with E-state index >= 15 is 0 Å². The van der Waals surface area contributed by atoms with Crippen molar-refractivity contribution in [2.24, 2.45) is 0 Å². The molecule has 112 valence electrons. The molecule has 1 aliphatic heterocycles. The molecule has 7 nitrogen and oxygen atoms in total. The predicted molar refractivity (Wildman–Crippen MR) is 83.1 cm³/mol. The summed E-state index contributed by atoms with van der Waals surface area (Å²) in [5.41, 5.74) is 2.69. The molecule has 0 unspecified atom stereocenters. The van der Waals surface area contributed by atoms with Gasteiger partial charge < -0.3 is 15.4 Å². The van der Waals surface area contributed by atoms with Gasteiger partial charge in [-0.05, 0) is 12.1 Å². The zero-order valence-electron chi connectivity index (χ0n) is 12.0. The second kappa shape index (κ2) is 5.61. The van der Waals surface area contributed by atoms with Gasteiger partial charge in [0, 0.05) is 43.2 Å². The van der Waals surface area contributed by atoms with Gasteiger partial charge in [0.2, 0.25) is 0 Å². The summed E-state index contributed by atoms with van der Waals surface area (Å²) < 4.78 is 7.49. The third-order valence-electron chi connectivity index (χ3n) is 3.55. The van der Waals surface area contributed by atoms with Crippen LogP contribution in [0.15, 0.2) is 36.9 Å². The van der Waals surface area contributed by atoms with Crippen molar-refractivity contribution in [1.29, 1.82) is 0 Å². The summed E-state index contributed by atoms with van der Waals surface area (Å²) in [5, 5.41) is 11.0. The maximum atomic E-state index is 5.73. The van der Waals surface area contributed by atoms with Gasteiger partial charge in [0.05, 0.1) is 12.4 Å². The molecule has 0 radical (unpaired) electrons. The van der Waals surface area contributed by atoms with Crippen molar-refractivity contribution in [2.75, 3.05) is 31.6 Å². The lowest BCUT2D eigenvalue weighted by Crippen LogP contribution is -2.26. The Kier molecular flexibility index (Phi) is 3.32. The smallest absolute Gasteiger partial charge is 0.165 e. The lowest BCUT2D eigenvalue weighted by molar-refractivity contribution is 0.314. The van der Waals surface area contributed by atoms with Crippen LogP contribution in [-0.4, -0.2) is 45.8 Å². The molecule has 2 N–H and O–H groups in total. The first-order chi connectivity index (χ1) is 10.9. The Morgan fingerprint density at radius 3 is 3.14 bits per heavy atom. The van der Waals surface area contributed by atoms with Crippen molar-refractivity contribution in [2.45, 2.75) is 0 Å². The summed E-state index contributed by atoms with van der Waals surface area (Å²) in [6.45, 7) is 3.05. The van der Waals surface area contributed by atoms with E-state index < -0.39 is 0 Å². The summed E-state index contributed by atoms with van der Waals surface area (Å²) in [6.07, 6.45) is 7.23. The van der Waals surface area contributed by atoms with Gasteiger partial charge in [-0.15, -0.1) is 0 Å². The highest BCUT2D eigenvalue weighted by atomic mass is 16.5. The van der Waals surface area contributed by atoms with Gasteiger partial charge in [-0.3, -0.25) is 4.98 Å². The van der Waals surface area contributed by atoms with E-state index in [1.807, 2.05) is 18.3 Å². The maximum Gasteiger partial charge on any atom is 0.165 e. The van der Waals surface area contributed by atoms with Crippen LogP contribution in [0.3, 0.4) is 0 Å². The predicted octanol–water partition coefficient (Wildman–Crippen LogP) is 1.19. The molecule has 4 rings (SSSR count). The van der Waals surface area contributed by atoms with E-state index in [2.05, 4.69) is 25.7 Å². The number of nitrogens with one attached hydrogen (secondary N) is 2. The number of ether oxygens (including phenoxy) is 1. The van der Waals surface area contributed by atoms with Crippen LogP contribution in [0.25, 0.3) is 16.8 Å². The van der Waals surface area contributed by atoms with Gasteiger partial charge in [0.25, 0.3) is 0 Å². The van der Waals surface area contributed by atoms with Crippen LogP contribution >= 0.6 is 0 Å². The Morgan fingerprint density at radius 2 is 2.14 bits per heavy atom. The van der Waals surface area contributed by atoms with E-state index in [1.54, 1.807) is 23.1 Å². The summed E-state index contributed by atoms with van der Waals surface area (Å²) in [5.74, 6) is 1.60. The Balaban J connectivity index is 1.83. The standard InChI is InChI=1S/C15H16N6O/c1-5-21-15-13(10-19-21)11-7-12(9-17-8-11)22-6-4-16-2-3-18-14(1)20-15/h1,5,7-10,16H,2-4,6H2,(H,18,20). The maximum absolute atomic E-state index is 5.73. The van der Waals surface area contributed by atoms with E-state index in [0.717, 1.165) is 48.0 Å². The fourth-order valence-corrected chi connectivity index (χ4v) is 2.46. The second-order valence-corrected chi connectivity index (χ2v) is 5.07. The number of aromatic nitrogens is 4. The zero-order valence-corrected chi connectivity index (χ0v) is 12.0. The Morgan fingerprint density at radius 1 is 1.14 bits per heavy atom. The molecule has 0 aromatic carbocycles. The van der Waals surface area contributed by atoms with Crippen LogP contribution in [0.5, 0.6) is 5.75 Å². The third-order valence-corrected chi connectivity index (χ3v) is 3.55. The average molecular weight is 296 g/mol. The number of hydrogen-bond donors (Lipinski definition) is 2. The number of hydrogen-bond acceptors (Lipinski definition) is 6. The van der Waals surface area contributed by atoms with Gasteiger partial charge in [-0.1, -0.05) is 0 Å². The van der Waals surface area contributed by atoms with Gasteiger partial charge in [0.1, 0.15) is 18.2 Å². The van der Waals surface area contributed by atoms with Crippen molar-refractivity contribution in [3.63, 3.8) is 0 Å². The Bertz CT molecular complexity index is 800. The van der Waals surface area contributed by atoms with Crippen LogP contribution in [0.1, 0.15) is 0 Å². The van der Waals surface area contributed by atoms with Crippen LogP contribution in [0.4, 0.5) is 5.82 Å². The molecule has 4 bridgehead atoms. The monoisotopic (exact) mass is 296 g/mol. The molecule has 0 amide bonds. The van der Waals surface area contributed by atoms with E-state index in [9.17, 15) is 0 Å². The minimum absolute atomic E-state index is 0.609. The first-order valence-corrected chi connectivity index (χ1v) is 7.27. The molecule has 22 heavy (non-hydrogen) atoms. The molecule has 0 aliphatic carbocycles. The fraction of sp³-hybridized carbons (Fsp3) is 0.267. The highest BCUT2D eigenvalue weighted by molar-refractivity contribution is 5.77. The SMILES string of the molecule is c1ncc2cc1OCCNCCNc1ccn3ncc-2c3n1. The molecule has 7 heteroatoms. The largest absolute Gasteiger partial charge is 0.491 e. The number of nitrogens with zero attached hydrogens (tertiary/aromatic N) is 4. The molecule has 0 spiro atoms. The molecule has 0 atom stereocenters. The molecule has 3 aromatic rings. The molecular weight excluding hydrogens is 280 g/mol. The molecule has 0 saturated carbocycles. The number of pyridine rings is 1. The zero-order chi connectivity index (χ0) is 14.8. The fourth-order valence-electron chi connectivity index (χ4n) is 2.46. The third kappa shape index (κ3) is 2.46. The van der Waals surface area contributed by atoms with E-state index in [0.29, 0.717) is 6.61 Å². The Hall–Kier alpha value is -2.67. The lowest BCUT2D eigenvalue weighted by atomic mass is 10.1. The van der Waals surface area contributed by atoms with Crippen LogP contribution < -0.4 is 15.4 Å². The van der Waals surface area contributed by atoms with E-state index in [4.69, 9.17) is 4.74 Å². The molecule has 4 heterocycles. The van der Waals surface area contributed by atoms with Gasteiger partial charge >= 0.3 is 0 Å². The average Bonchev–Trinajstić information content (AvgIpc) is 2.97. The van der Waals surface area contributed by atoms with Crippen molar-refractivity contribution in [1.82, 2.24) is 24.9 Å². The summed E-state index contributed by atoms with van der Waals surface area (Å²) >= 11 is 0. The summed E-state index contributed by atoms with van der Waals surface area (Å²) in [6, 6.07) is 3.89. The van der Waals surface area contributed by atoms with Gasteiger partial charge in [-0.25, -0.2) is 9.50 Å². The van der Waals surface area contributed by atoms with Gasteiger partial charge in [0.15, 0.2) is 5.65 Å². The number of rotatable bonds is 0. The summed E-state index contributed by atoms with van der Waals surface area (Å²) in [7, 11) is 0. The minimum atomic E-state index is 0.609. The first kappa shape index (κ1) is 13.0. The first-order valence-electron chi connectivity index (χ1n) is 7.27. The molecular formula is C15H16N6O. The second-order valence-electron chi connectivity index (χ2n) is 5.07. The van der Waals surface area contributed by atoms with Gasteiger partial charge in [-0.2, -0.15) is 5.10 Å². The Labute approximate surface area is 127 Å². The topological polar surface area (TPSA) is 76.4 Å². The molecule has 1 aliphatic rings. The highest BCUT2D eigenvalue weighted by Crippen LogP contribution is 2.26. The van der Waals surface area contributed by atoms with Crippen molar-refractivity contribution < 1.29 is 4.74 Å². The molecule has 3 aromatic heterocycles. The van der Waals surface area contributed by atoms with Crippen LogP contribution in [0, 0.1) is 0 Å². The van der Waals surface area contributed by atoms with E-state index in [1.165, 1.54) is 0 Å². The number of fused-ring (bicyclic) bond motifs is 4. The van der Waals surface area contributed by atoms with Crippen LogP contribution in [0.2, 0.25) is 0 Å². The lowest BCUT2D eigenvalue weighted by Gasteiger charge is -2.11. The van der Waals surface area contributed by atoms with Crippen molar-refractivity contribution >= 4 is 11.5 Å². The quantitative estimate of drug-likeness (QED) is 0.649. The highest BCUT2D eigenvalue weighted by Gasteiger charge is 2.11. The number of anilines is 1. The minimum Gasteiger partial charge on any atom is -0.491 e. The molecule has 0 saturated heterocycles.